The van der Waals surface area contributed by atoms with Crippen molar-refractivity contribution in [2.45, 2.75) is 23.4 Å². The number of thioether (sulfide) groups is 1. The first kappa shape index (κ1) is 16.3. The monoisotopic (exact) mass is 339 g/mol. The lowest BCUT2D eigenvalue weighted by atomic mass is 10.1. The molecule has 0 N–H and O–H groups in total. The van der Waals surface area contributed by atoms with Crippen LogP contribution < -0.4 is 0 Å². The molecule has 0 amide bonds. The Kier molecular flexibility index (Phi) is 4.74. The van der Waals surface area contributed by atoms with Crippen LogP contribution in [0.5, 0.6) is 0 Å². The molecular formula is C14H8F3N3S2. The molecule has 0 radical (unpaired) electrons. The Morgan fingerprint density at radius 1 is 1.36 bits per heavy atom. The molecule has 2 rings (SSSR count). The predicted molar refractivity (Wildman–Crippen MR) is 78.2 cm³/mol. The van der Waals surface area contributed by atoms with E-state index in [0.29, 0.717) is 4.88 Å². The molecule has 0 aliphatic rings. The quantitative estimate of drug-likeness (QED) is 0.760. The second-order valence-corrected chi connectivity index (χ2v) is 6.49. The van der Waals surface area contributed by atoms with E-state index in [1.54, 1.807) is 30.5 Å². The number of hydrogen-bond donors (Lipinski definition) is 0. The van der Waals surface area contributed by atoms with Gasteiger partial charge in [-0.1, -0.05) is 17.8 Å². The second kappa shape index (κ2) is 6.39. The zero-order chi connectivity index (χ0) is 16.3. The molecule has 0 bridgehead atoms. The number of halogens is 3. The maximum atomic E-state index is 13.2. The molecule has 1 unspecified atom stereocenters. The van der Waals surface area contributed by atoms with Gasteiger partial charge in [0.15, 0.2) is 0 Å². The molecule has 8 heteroatoms. The van der Waals surface area contributed by atoms with Gasteiger partial charge in [0.25, 0.3) is 0 Å². The number of alkyl halides is 3. The van der Waals surface area contributed by atoms with Crippen molar-refractivity contribution in [2.75, 3.05) is 0 Å². The minimum atomic E-state index is -4.66. The van der Waals surface area contributed by atoms with Crippen LogP contribution in [0.2, 0.25) is 0 Å². The number of pyridine rings is 1. The van der Waals surface area contributed by atoms with E-state index in [0.717, 1.165) is 17.8 Å². The third-order valence-electron chi connectivity index (χ3n) is 2.65. The summed E-state index contributed by atoms with van der Waals surface area (Å²) in [6.45, 7) is 1.54. The largest absolute Gasteiger partial charge is 0.417 e. The molecule has 0 saturated carbocycles. The highest BCUT2D eigenvalue weighted by atomic mass is 32.2. The van der Waals surface area contributed by atoms with Crippen molar-refractivity contribution in [3.8, 4) is 22.7 Å². The average Bonchev–Trinajstić information content (AvgIpc) is 2.99. The summed E-state index contributed by atoms with van der Waals surface area (Å²) in [6, 6.07) is 7.72. The van der Waals surface area contributed by atoms with E-state index in [9.17, 15) is 13.2 Å². The summed E-state index contributed by atoms with van der Waals surface area (Å²) in [4.78, 5) is 4.72. The third kappa shape index (κ3) is 3.41. The van der Waals surface area contributed by atoms with Crippen molar-refractivity contribution >= 4 is 23.1 Å². The summed E-state index contributed by atoms with van der Waals surface area (Å²) < 4.78 is 39.6. The fourth-order valence-corrected chi connectivity index (χ4v) is 3.18. The van der Waals surface area contributed by atoms with Crippen LogP contribution in [0, 0.1) is 22.7 Å². The van der Waals surface area contributed by atoms with E-state index in [1.807, 2.05) is 6.07 Å². The third-order valence-corrected chi connectivity index (χ3v) is 4.52. The Labute approximate surface area is 133 Å². The highest BCUT2D eigenvalue weighted by Crippen LogP contribution is 2.39. The molecule has 22 heavy (non-hydrogen) atoms. The Morgan fingerprint density at radius 3 is 2.59 bits per heavy atom. The average molecular weight is 339 g/mol. The molecule has 2 heterocycles. The first-order valence-corrected chi connectivity index (χ1v) is 7.75. The SMILES string of the molecule is CC(C#N)Sc1nc(-c2cccs2)cc(C(F)(F)F)c1C#N. The number of nitriles is 2. The highest BCUT2D eigenvalue weighted by Gasteiger charge is 2.36. The Morgan fingerprint density at radius 2 is 2.09 bits per heavy atom. The Balaban J connectivity index is 2.68. The van der Waals surface area contributed by atoms with E-state index in [4.69, 9.17) is 10.5 Å². The van der Waals surface area contributed by atoms with E-state index in [2.05, 4.69) is 4.98 Å². The van der Waals surface area contributed by atoms with Crippen molar-refractivity contribution in [2.24, 2.45) is 0 Å². The van der Waals surface area contributed by atoms with Crippen LogP contribution in [0.1, 0.15) is 18.1 Å². The number of aromatic nitrogens is 1. The van der Waals surface area contributed by atoms with Gasteiger partial charge in [0.2, 0.25) is 0 Å². The molecule has 1 atom stereocenters. The molecule has 112 valence electrons. The van der Waals surface area contributed by atoms with Gasteiger partial charge in [0.1, 0.15) is 11.1 Å². The van der Waals surface area contributed by atoms with Crippen LogP contribution in [-0.4, -0.2) is 10.2 Å². The summed E-state index contributed by atoms with van der Waals surface area (Å²) in [5.74, 6) is 0. The van der Waals surface area contributed by atoms with Gasteiger partial charge in [-0.05, 0) is 24.4 Å². The predicted octanol–water partition coefficient (Wildman–Crippen LogP) is 4.70. The maximum Gasteiger partial charge on any atom is 0.417 e. The number of thiophene rings is 1. The van der Waals surface area contributed by atoms with Crippen LogP contribution in [0.3, 0.4) is 0 Å². The first-order chi connectivity index (χ1) is 10.4. The Hall–Kier alpha value is -2.03. The molecule has 3 nitrogen and oxygen atoms in total. The van der Waals surface area contributed by atoms with Gasteiger partial charge in [-0.3, -0.25) is 0 Å². The molecule has 0 spiro atoms. The van der Waals surface area contributed by atoms with Gasteiger partial charge in [-0.15, -0.1) is 11.3 Å². The van der Waals surface area contributed by atoms with Gasteiger partial charge in [-0.25, -0.2) is 4.98 Å². The molecule has 2 aromatic heterocycles. The van der Waals surface area contributed by atoms with Crippen LogP contribution in [-0.2, 0) is 6.18 Å². The first-order valence-electron chi connectivity index (χ1n) is 5.99. The lowest BCUT2D eigenvalue weighted by Crippen LogP contribution is -2.11. The lowest BCUT2D eigenvalue weighted by molar-refractivity contribution is -0.138. The fraction of sp³-hybridized carbons (Fsp3) is 0.214. The van der Waals surface area contributed by atoms with Gasteiger partial charge >= 0.3 is 6.18 Å². The van der Waals surface area contributed by atoms with E-state index < -0.39 is 22.6 Å². The summed E-state index contributed by atoms with van der Waals surface area (Å²) in [5.41, 5.74) is -1.42. The Bertz CT molecular complexity index is 755. The van der Waals surface area contributed by atoms with E-state index in [1.165, 1.54) is 11.3 Å². The molecule has 2 aromatic rings. The molecule has 0 aromatic carbocycles. The summed E-state index contributed by atoms with van der Waals surface area (Å²) in [7, 11) is 0. The van der Waals surface area contributed by atoms with Gasteiger partial charge < -0.3 is 0 Å². The fourth-order valence-electron chi connectivity index (χ4n) is 1.68. The molecule has 0 saturated heterocycles. The van der Waals surface area contributed by atoms with E-state index >= 15 is 0 Å². The van der Waals surface area contributed by atoms with Crippen molar-refractivity contribution in [3.63, 3.8) is 0 Å². The number of rotatable bonds is 3. The molecule has 0 aliphatic heterocycles. The zero-order valence-electron chi connectivity index (χ0n) is 11.2. The van der Waals surface area contributed by atoms with Crippen LogP contribution in [0.4, 0.5) is 13.2 Å². The standard InChI is InChI=1S/C14H8F3N3S2/c1-8(6-18)22-13-9(7-19)10(14(15,16)17)5-11(20-13)12-3-2-4-21-12/h2-5,8H,1H3. The summed E-state index contributed by atoms with van der Waals surface area (Å²) in [6.07, 6.45) is -4.66. The van der Waals surface area contributed by atoms with Crippen molar-refractivity contribution in [3.05, 3.63) is 34.7 Å². The van der Waals surface area contributed by atoms with Gasteiger partial charge in [0.05, 0.1) is 33.0 Å². The second-order valence-electron chi connectivity index (χ2n) is 4.21. The number of hydrogen-bond acceptors (Lipinski definition) is 5. The molecule has 0 aliphatic carbocycles. The summed E-state index contributed by atoms with van der Waals surface area (Å²) >= 11 is 2.10. The van der Waals surface area contributed by atoms with Crippen LogP contribution in [0.25, 0.3) is 10.6 Å². The van der Waals surface area contributed by atoms with Crippen molar-refractivity contribution in [1.29, 1.82) is 10.5 Å². The van der Waals surface area contributed by atoms with Crippen LogP contribution in [0.15, 0.2) is 28.6 Å². The normalized spacial score (nSPS) is 12.5. The van der Waals surface area contributed by atoms with Crippen LogP contribution >= 0.6 is 23.1 Å². The highest BCUT2D eigenvalue weighted by molar-refractivity contribution is 8.00. The molecule has 0 fully saturated rings. The number of nitrogens with zero attached hydrogens (tertiary/aromatic N) is 3. The molecular weight excluding hydrogens is 331 g/mol. The van der Waals surface area contributed by atoms with E-state index in [-0.39, 0.29) is 10.7 Å². The van der Waals surface area contributed by atoms with Gasteiger partial charge in [-0.2, -0.15) is 23.7 Å². The van der Waals surface area contributed by atoms with Gasteiger partial charge in [0, 0.05) is 0 Å². The van der Waals surface area contributed by atoms with Crippen molar-refractivity contribution < 1.29 is 13.2 Å². The minimum Gasteiger partial charge on any atom is -0.239 e. The lowest BCUT2D eigenvalue weighted by Gasteiger charge is -2.14. The topological polar surface area (TPSA) is 60.5 Å². The minimum absolute atomic E-state index is 0.0743. The maximum absolute atomic E-state index is 13.2. The zero-order valence-corrected chi connectivity index (χ0v) is 12.8. The summed E-state index contributed by atoms with van der Waals surface area (Å²) in [5, 5.41) is 19.0. The van der Waals surface area contributed by atoms with Crippen molar-refractivity contribution in [1.82, 2.24) is 4.98 Å². The smallest absolute Gasteiger partial charge is 0.239 e.